The van der Waals surface area contributed by atoms with Crippen LogP contribution in [0.5, 0.6) is 0 Å². The number of aromatic nitrogens is 2. The third-order valence-corrected chi connectivity index (χ3v) is 2.76. The highest BCUT2D eigenvalue weighted by atomic mass is 35.5. The highest BCUT2D eigenvalue weighted by molar-refractivity contribution is 6.30. The van der Waals surface area contributed by atoms with Crippen LogP contribution in [0.1, 0.15) is 10.4 Å². The number of nitrogens with one attached hydrogen (secondary N) is 3. The van der Waals surface area contributed by atoms with Crippen molar-refractivity contribution in [1.82, 2.24) is 15.4 Å². The van der Waals surface area contributed by atoms with Crippen molar-refractivity contribution in [2.45, 2.75) is 0 Å². The van der Waals surface area contributed by atoms with Gasteiger partial charge in [-0.25, -0.2) is 15.8 Å². The summed E-state index contributed by atoms with van der Waals surface area (Å²) < 4.78 is 0. The summed E-state index contributed by atoms with van der Waals surface area (Å²) in [7, 11) is 0. The summed E-state index contributed by atoms with van der Waals surface area (Å²) in [6.45, 7) is 0. The Labute approximate surface area is 128 Å². The fourth-order valence-electron chi connectivity index (χ4n) is 1.57. The Morgan fingerprint density at radius 1 is 1.32 bits per heavy atom. The molecule has 0 atom stereocenters. The number of nitro groups is 1. The van der Waals surface area contributed by atoms with Gasteiger partial charge in [-0.15, -0.1) is 0 Å². The summed E-state index contributed by atoms with van der Waals surface area (Å²) in [6, 6.07) is 6.19. The number of carbonyl (C=O) groups is 1. The molecule has 22 heavy (non-hydrogen) atoms. The van der Waals surface area contributed by atoms with E-state index in [1.54, 1.807) is 12.1 Å². The molecule has 10 nitrogen and oxygen atoms in total. The first kappa shape index (κ1) is 15.4. The van der Waals surface area contributed by atoms with Gasteiger partial charge in [0.1, 0.15) is 6.33 Å². The van der Waals surface area contributed by atoms with E-state index in [-0.39, 0.29) is 17.2 Å². The molecule has 5 N–H and O–H groups in total. The summed E-state index contributed by atoms with van der Waals surface area (Å²) in [5.74, 6) is 4.19. The van der Waals surface area contributed by atoms with Gasteiger partial charge >= 0.3 is 5.69 Å². The maximum atomic E-state index is 11.9. The molecule has 0 aliphatic heterocycles. The Balaban J connectivity index is 2.18. The molecule has 114 valence electrons. The predicted molar refractivity (Wildman–Crippen MR) is 79.0 cm³/mol. The fraction of sp³-hybridized carbons (Fsp3) is 0. The Kier molecular flexibility index (Phi) is 4.66. The first-order valence-electron chi connectivity index (χ1n) is 5.81. The molecule has 0 saturated heterocycles. The average Bonchev–Trinajstić information content (AvgIpc) is 2.51. The van der Waals surface area contributed by atoms with Crippen LogP contribution in [0.25, 0.3) is 0 Å². The molecule has 0 bridgehead atoms. The highest BCUT2D eigenvalue weighted by Crippen LogP contribution is 2.27. The van der Waals surface area contributed by atoms with Crippen LogP contribution >= 0.6 is 11.6 Å². The van der Waals surface area contributed by atoms with Crippen LogP contribution in [0.2, 0.25) is 5.02 Å². The van der Waals surface area contributed by atoms with E-state index in [0.717, 1.165) is 6.33 Å². The van der Waals surface area contributed by atoms with E-state index in [9.17, 15) is 14.9 Å². The molecule has 0 aliphatic carbocycles. The minimum Gasteiger partial charge on any atom is -0.303 e. The minimum absolute atomic E-state index is 0.195. The van der Waals surface area contributed by atoms with E-state index in [4.69, 9.17) is 17.4 Å². The quantitative estimate of drug-likeness (QED) is 0.363. The number of halogens is 1. The van der Waals surface area contributed by atoms with E-state index in [2.05, 4.69) is 26.2 Å². The fourth-order valence-corrected chi connectivity index (χ4v) is 1.76. The van der Waals surface area contributed by atoms with Gasteiger partial charge in [-0.05, 0) is 18.2 Å². The Morgan fingerprint density at radius 2 is 2.05 bits per heavy atom. The zero-order chi connectivity index (χ0) is 16.1. The summed E-state index contributed by atoms with van der Waals surface area (Å²) in [5, 5.41) is 11.4. The number of nitrogens with zero attached hydrogens (tertiary/aromatic N) is 3. The second-order valence-electron chi connectivity index (χ2n) is 3.91. The van der Waals surface area contributed by atoms with Gasteiger partial charge in [0.15, 0.2) is 0 Å². The van der Waals surface area contributed by atoms with Gasteiger partial charge in [0, 0.05) is 10.6 Å². The third kappa shape index (κ3) is 3.37. The maximum absolute atomic E-state index is 11.9. The molecule has 2 rings (SSSR count). The Morgan fingerprint density at radius 3 is 2.68 bits per heavy atom. The maximum Gasteiger partial charge on any atom is 0.356 e. The first-order valence-corrected chi connectivity index (χ1v) is 6.18. The number of hydrazine groups is 2. The standard InChI is InChI=1S/C11H10ClN7O3/c12-7-3-1-2-6(4-7)11(20)18-17-10-8(19(21)22)9(16-13)14-5-15-10/h1-5H,13H2,(H,18,20)(H2,14,15,16,17). The van der Waals surface area contributed by atoms with Crippen LogP contribution in [0.4, 0.5) is 17.3 Å². The molecule has 0 fully saturated rings. The zero-order valence-electron chi connectivity index (χ0n) is 10.9. The molecular formula is C11H10ClN7O3. The van der Waals surface area contributed by atoms with Gasteiger partial charge in [-0.1, -0.05) is 17.7 Å². The summed E-state index contributed by atoms with van der Waals surface area (Å²) in [5.41, 5.74) is 6.48. The lowest BCUT2D eigenvalue weighted by Crippen LogP contribution is -2.30. The molecule has 1 aromatic heterocycles. The van der Waals surface area contributed by atoms with Crippen molar-refractivity contribution >= 4 is 34.8 Å². The monoisotopic (exact) mass is 323 g/mol. The van der Waals surface area contributed by atoms with Gasteiger partial charge in [-0.3, -0.25) is 25.8 Å². The van der Waals surface area contributed by atoms with Crippen LogP contribution in [0.15, 0.2) is 30.6 Å². The van der Waals surface area contributed by atoms with Gasteiger partial charge < -0.3 is 5.43 Å². The number of amides is 1. The summed E-state index contributed by atoms with van der Waals surface area (Å²) >= 11 is 5.78. The number of nitrogens with two attached hydrogens (primary N) is 1. The lowest BCUT2D eigenvalue weighted by Gasteiger charge is -2.09. The van der Waals surface area contributed by atoms with Crippen molar-refractivity contribution in [2.24, 2.45) is 5.84 Å². The highest BCUT2D eigenvalue weighted by Gasteiger charge is 2.22. The van der Waals surface area contributed by atoms with Crippen molar-refractivity contribution in [3.05, 3.63) is 51.3 Å². The molecule has 1 amide bonds. The van der Waals surface area contributed by atoms with Crippen molar-refractivity contribution in [3.8, 4) is 0 Å². The Hall–Kier alpha value is -2.98. The van der Waals surface area contributed by atoms with E-state index in [1.165, 1.54) is 12.1 Å². The average molecular weight is 324 g/mol. The summed E-state index contributed by atoms with van der Waals surface area (Å²) in [6.07, 6.45) is 1.05. The largest absolute Gasteiger partial charge is 0.356 e. The number of benzene rings is 1. The first-order chi connectivity index (χ1) is 10.5. The summed E-state index contributed by atoms with van der Waals surface area (Å²) in [4.78, 5) is 29.5. The predicted octanol–water partition coefficient (Wildman–Crippen LogP) is 1.08. The van der Waals surface area contributed by atoms with Crippen LogP contribution in [0.3, 0.4) is 0 Å². The molecule has 11 heteroatoms. The SMILES string of the molecule is NNc1ncnc(NNC(=O)c2cccc(Cl)c2)c1[N+](=O)[O-]. The zero-order valence-corrected chi connectivity index (χ0v) is 11.7. The molecule has 0 unspecified atom stereocenters. The molecule has 1 aromatic carbocycles. The van der Waals surface area contributed by atoms with E-state index >= 15 is 0 Å². The molecule has 2 aromatic rings. The Bertz CT molecular complexity index is 725. The number of rotatable bonds is 5. The molecule has 0 aliphatic rings. The van der Waals surface area contributed by atoms with Crippen molar-refractivity contribution in [3.63, 3.8) is 0 Å². The van der Waals surface area contributed by atoms with Gasteiger partial charge in [0.2, 0.25) is 11.6 Å². The van der Waals surface area contributed by atoms with Crippen LogP contribution in [-0.4, -0.2) is 20.8 Å². The van der Waals surface area contributed by atoms with E-state index in [0.29, 0.717) is 5.02 Å². The van der Waals surface area contributed by atoms with E-state index in [1.807, 2.05) is 0 Å². The number of hydrogen-bond acceptors (Lipinski definition) is 8. The number of anilines is 2. The van der Waals surface area contributed by atoms with Crippen molar-refractivity contribution in [2.75, 3.05) is 10.9 Å². The second-order valence-corrected chi connectivity index (χ2v) is 4.35. The number of carbonyl (C=O) groups excluding carboxylic acids is 1. The van der Waals surface area contributed by atoms with Gasteiger partial charge in [0.25, 0.3) is 5.91 Å². The smallest absolute Gasteiger partial charge is 0.303 e. The van der Waals surface area contributed by atoms with Crippen LogP contribution < -0.4 is 22.1 Å². The van der Waals surface area contributed by atoms with Crippen molar-refractivity contribution in [1.29, 1.82) is 0 Å². The molecular weight excluding hydrogens is 314 g/mol. The minimum atomic E-state index is -0.733. The van der Waals surface area contributed by atoms with Gasteiger partial charge in [0.05, 0.1) is 4.92 Å². The van der Waals surface area contributed by atoms with Crippen LogP contribution in [-0.2, 0) is 0 Å². The normalized spacial score (nSPS) is 9.91. The number of nitrogen functional groups attached to an aromatic ring is 1. The molecule has 0 radical (unpaired) electrons. The molecule has 0 saturated carbocycles. The molecule has 0 spiro atoms. The third-order valence-electron chi connectivity index (χ3n) is 2.52. The van der Waals surface area contributed by atoms with Crippen LogP contribution in [0, 0.1) is 10.1 Å². The lowest BCUT2D eigenvalue weighted by atomic mass is 10.2. The van der Waals surface area contributed by atoms with Crippen molar-refractivity contribution < 1.29 is 9.72 Å². The van der Waals surface area contributed by atoms with E-state index < -0.39 is 16.5 Å². The number of hydrogen-bond donors (Lipinski definition) is 4. The second kappa shape index (κ2) is 6.65. The lowest BCUT2D eigenvalue weighted by molar-refractivity contribution is -0.383. The van der Waals surface area contributed by atoms with Gasteiger partial charge in [-0.2, -0.15) is 0 Å². The topological polar surface area (TPSA) is 148 Å². The molecule has 1 heterocycles.